The molecule has 0 bridgehead atoms. The third-order valence-electron chi connectivity index (χ3n) is 3.72. The molecule has 0 spiro atoms. The molecule has 26 heavy (non-hydrogen) atoms. The van der Waals surface area contributed by atoms with Crippen LogP contribution >= 0.6 is 22.7 Å². The van der Waals surface area contributed by atoms with Crippen molar-refractivity contribution in [3.63, 3.8) is 0 Å². The summed E-state index contributed by atoms with van der Waals surface area (Å²) >= 11 is 3.48. The molecule has 3 aromatic heterocycles. The first-order chi connectivity index (χ1) is 12.4. The van der Waals surface area contributed by atoms with E-state index >= 15 is 0 Å². The topological polar surface area (TPSA) is 42.2 Å². The van der Waals surface area contributed by atoms with Crippen molar-refractivity contribution in [2.24, 2.45) is 0 Å². The van der Waals surface area contributed by atoms with Crippen LogP contribution in [0.1, 0.15) is 26.3 Å². The van der Waals surface area contributed by atoms with Crippen LogP contribution in [0.4, 0.5) is 5.82 Å². The molecule has 0 saturated carbocycles. The van der Waals surface area contributed by atoms with E-state index in [4.69, 9.17) is 6.42 Å². The fourth-order valence-electron chi connectivity index (χ4n) is 2.50. The highest BCUT2D eigenvalue weighted by molar-refractivity contribution is 7.30. The van der Waals surface area contributed by atoms with E-state index in [0.29, 0.717) is 0 Å². The molecule has 6 heteroatoms. The smallest absolute Gasteiger partial charge is 0.158 e. The van der Waals surface area contributed by atoms with Crippen molar-refractivity contribution in [1.82, 2.24) is 14.6 Å². The van der Waals surface area contributed by atoms with Gasteiger partial charge in [0.05, 0.1) is 16.8 Å². The Morgan fingerprint density at radius 3 is 2.50 bits per heavy atom. The number of terminal acetylenes is 1. The monoisotopic (exact) mass is 378 g/mol. The highest BCUT2D eigenvalue weighted by Gasteiger charge is 2.16. The predicted molar refractivity (Wildman–Crippen MR) is 111 cm³/mol. The molecular weight excluding hydrogens is 360 g/mol. The number of hydrogen-bond donors (Lipinski definition) is 1. The van der Waals surface area contributed by atoms with Crippen molar-refractivity contribution in [3.05, 3.63) is 47.5 Å². The van der Waals surface area contributed by atoms with Crippen LogP contribution < -0.4 is 5.32 Å². The third kappa shape index (κ3) is 3.36. The zero-order valence-corrected chi connectivity index (χ0v) is 16.4. The lowest BCUT2D eigenvalue weighted by molar-refractivity contribution is 0.625. The highest BCUT2D eigenvalue weighted by Crippen LogP contribution is 2.45. The zero-order valence-electron chi connectivity index (χ0n) is 14.8. The normalized spacial score (nSPS) is 11.6. The van der Waals surface area contributed by atoms with Gasteiger partial charge in [0.15, 0.2) is 5.65 Å². The summed E-state index contributed by atoms with van der Waals surface area (Å²) in [5.74, 6) is 3.62. The predicted octanol–water partition coefficient (Wildman–Crippen LogP) is 5.38. The quantitative estimate of drug-likeness (QED) is 0.420. The second kappa shape index (κ2) is 6.27. The maximum absolute atomic E-state index is 5.56. The number of thiophene rings is 2. The van der Waals surface area contributed by atoms with E-state index in [1.165, 1.54) is 9.75 Å². The van der Waals surface area contributed by atoms with Gasteiger partial charge in [-0.05, 0) is 44.4 Å². The minimum Gasteiger partial charge on any atom is -0.365 e. The van der Waals surface area contributed by atoms with Crippen LogP contribution in [0, 0.1) is 12.3 Å². The molecule has 1 N–H and O–H groups in total. The number of rotatable bonds is 2. The number of fused-ring (bicyclic) bond motifs is 2. The van der Waals surface area contributed by atoms with Crippen LogP contribution in [0.3, 0.4) is 0 Å². The molecule has 0 atom stereocenters. The molecule has 0 aromatic carbocycles. The average molecular weight is 379 g/mol. The first-order valence-corrected chi connectivity index (χ1v) is 9.92. The first kappa shape index (κ1) is 16.8. The minimum absolute atomic E-state index is 0.0676. The van der Waals surface area contributed by atoms with Crippen LogP contribution in [0.2, 0.25) is 0 Å². The van der Waals surface area contributed by atoms with Crippen molar-refractivity contribution in [3.8, 4) is 32.7 Å². The molecule has 3 aromatic rings. The lowest BCUT2D eigenvalue weighted by atomic mass is 10.1. The lowest BCUT2D eigenvalue weighted by Gasteiger charge is -2.22. The van der Waals surface area contributed by atoms with Gasteiger partial charge in [0.2, 0.25) is 0 Å². The lowest BCUT2D eigenvalue weighted by Crippen LogP contribution is -2.27. The van der Waals surface area contributed by atoms with Gasteiger partial charge in [-0.2, -0.15) is 9.61 Å². The molecule has 0 radical (unpaired) electrons. The Morgan fingerprint density at radius 2 is 1.92 bits per heavy atom. The fraction of sp³-hybridized carbons (Fsp3) is 0.200. The number of anilines is 1. The largest absolute Gasteiger partial charge is 0.365 e. The van der Waals surface area contributed by atoms with Crippen LogP contribution in [0.5, 0.6) is 0 Å². The summed E-state index contributed by atoms with van der Waals surface area (Å²) < 4.78 is 1.80. The molecule has 4 heterocycles. The van der Waals surface area contributed by atoms with Gasteiger partial charge in [-0.3, -0.25) is 0 Å². The summed E-state index contributed by atoms with van der Waals surface area (Å²) in [4.78, 5) is 8.67. The highest BCUT2D eigenvalue weighted by atomic mass is 32.1. The van der Waals surface area contributed by atoms with E-state index in [2.05, 4.69) is 54.2 Å². The van der Waals surface area contributed by atoms with E-state index in [0.717, 1.165) is 27.6 Å². The minimum atomic E-state index is -0.0676. The average Bonchev–Trinajstić information content (AvgIpc) is 3.02. The molecule has 4 nitrogen and oxygen atoms in total. The molecule has 130 valence electrons. The molecule has 0 fully saturated rings. The summed E-state index contributed by atoms with van der Waals surface area (Å²) in [5, 5.41) is 9.78. The first-order valence-electron chi connectivity index (χ1n) is 8.22. The van der Waals surface area contributed by atoms with Crippen LogP contribution in [0.15, 0.2) is 41.9 Å². The van der Waals surface area contributed by atoms with Gasteiger partial charge in [-0.1, -0.05) is 5.92 Å². The molecule has 0 saturated heterocycles. The molecule has 5 rings (SSSR count). The Hall–Kier alpha value is -2.62. The molecule has 2 aliphatic rings. The van der Waals surface area contributed by atoms with Gasteiger partial charge < -0.3 is 5.32 Å². The SMILES string of the molecule is C#Cc1ccsc1-c1cc(NC(C)(C)C)n2nccc2n1.c1cc2sc1-2. The number of aromatic nitrogens is 3. The van der Waals surface area contributed by atoms with Gasteiger partial charge in [-0.15, -0.1) is 29.1 Å². The molecule has 1 aliphatic carbocycles. The van der Waals surface area contributed by atoms with Crippen molar-refractivity contribution >= 4 is 34.1 Å². The Morgan fingerprint density at radius 1 is 1.15 bits per heavy atom. The van der Waals surface area contributed by atoms with Crippen LogP contribution in [0.25, 0.3) is 26.0 Å². The Balaban J connectivity index is 0.000000283. The summed E-state index contributed by atoms with van der Waals surface area (Å²) in [6.45, 7) is 6.33. The van der Waals surface area contributed by atoms with Gasteiger partial charge >= 0.3 is 0 Å². The zero-order chi connectivity index (χ0) is 18.3. The Labute approximate surface area is 160 Å². The van der Waals surface area contributed by atoms with Gasteiger partial charge in [0.1, 0.15) is 5.82 Å². The van der Waals surface area contributed by atoms with Crippen LogP contribution in [-0.4, -0.2) is 20.1 Å². The summed E-state index contributed by atoms with van der Waals surface area (Å²) in [6.07, 6.45) is 7.31. The van der Waals surface area contributed by atoms with E-state index in [9.17, 15) is 0 Å². The van der Waals surface area contributed by atoms with Crippen molar-refractivity contribution < 1.29 is 0 Å². The van der Waals surface area contributed by atoms with Gasteiger partial charge in [0.25, 0.3) is 0 Å². The molecule has 0 amide bonds. The fourth-order valence-corrected chi connectivity index (χ4v) is 3.92. The number of hydrogen-bond acceptors (Lipinski definition) is 5. The van der Waals surface area contributed by atoms with Crippen molar-refractivity contribution in [2.45, 2.75) is 26.3 Å². The summed E-state index contributed by atoms with van der Waals surface area (Å²) in [7, 11) is 0. The van der Waals surface area contributed by atoms with Crippen molar-refractivity contribution in [1.29, 1.82) is 0 Å². The Kier molecular flexibility index (Phi) is 4.06. The van der Waals surface area contributed by atoms with E-state index < -0.39 is 0 Å². The third-order valence-corrected chi connectivity index (χ3v) is 5.61. The van der Waals surface area contributed by atoms with E-state index in [1.807, 2.05) is 34.9 Å². The van der Waals surface area contributed by atoms with Gasteiger partial charge in [-0.25, -0.2) is 4.98 Å². The molecule has 1 aliphatic heterocycles. The maximum atomic E-state index is 5.56. The van der Waals surface area contributed by atoms with Gasteiger partial charge in [0, 0.05) is 33.0 Å². The number of nitrogens with zero attached hydrogens (tertiary/aromatic N) is 3. The van der Waals surface area contributed by atoms with Crippen LogP contribution in [-0.2, 0) is 0 Å². The second-order valence-corrected chi connectivity index (χ2v) is 8.97. The van der Waals surface area contributed by atoms with Crippen molar-refractivity contribution in [2.75, 3.05) is 5.32 Å². The summed E-state index contributed by atoms with van der Waals surface area (Å²) in [5.41, 5.74) is 2.48. The standard InChI is InChI=1S/C16H16N4S.C4H2S/c1-5-11-7-9-21-15(11)12-10-14(19-16(2,3)4)20-13(18-12)6-8-17-20;1-2-4-3(1)5-4/h1,6-10,19H,2-4H3;1-2H. The molecular formula is C20H18N4S2. The summed E-state index contributed by atoms with van der Waals surface area (Å²) in [6, 6.07) is 10.1. The van der Waals surface area contributed by atoms with E-state index in [1.54, 1.807) is 22.0 Å². The van der Waals surface area contributed by atoms with E-state index in [-0.39, 0.29) is 5.54 Å². The maximum Gasteiger partial charge on any atom is 0.158 e. The Bertz CT molecular complexity index is 1090. The molecule has 0 unspecified atom stereocenters. The number of nitrogens with one attached hydrogen (secondary N) is 1. The second-order valence-electron chi connectivity index (χ2n) is 6.97.